The van der Waals surface area contributed by atoms with Crippen molar-refractivity contribution in [3.63, 3.8) is 0 Å². The first-order valence-electron chi connectivity index (χ1n) is 6.82. The van der Waals surface area contributed by atoms with Crippen molar-refractivity contribution in [3.8, 4) is 0 Å². The van der Waals surface area contributed by atoms with Gasteiger partial charge in [-0.3, -0.25) is 4.79 Å². The summed E-state index contributed by atoms with van der Waals surface area (Å²) in [5, 5.41) is 12.2. The van der Waals surface area contributed by atoms with E-state index >= 15 is 0 Å². The molecule has 2 rings (SSSR count). The molecule has 0 aromatic heterocycles. The van der Waals surface area contributed by atoms with E-state index in [0.29, 0.717) is 6.54 Å². The molecule has 2 aromatic rings. The Morgan fingerprint density at radius 1 is 1.14 bits per heavy atom. The first kappa shape index (κ1) is 15.7. The van der Waals surface area contributed by atoms with E-state index in [1.165, 1.54) is 0 Å². The molecule has 0 saturated carbocycles. The summed E-state index contributed by atoms with van der Waals surface area (Å²) >= 11 is 3.38. The monoisotopic (exact) mass is 347 g/mol. The third-order valence-electron chi connectivity index (χ3n) is 3.51. The van der Waals surface area contributed by atoms with Crippen LogP contribution in [0.4, 0.5) is 0 Å². The number of rotatable bonds is 5. The van der Waals surface area contributed by atoms with Gasteiger partial charge < -0.3 is 10.4 Å². The summed E-state index contributed by atoms with van der Waals surface area (Å²) in [6, 6.07) is 15.3. The zero-order chi connectivity index (χ0) is 15.2. The van der Waals surface area contributed by atoms with Crippen molar-refractivity contribution >= 4 is 21.8 Å². The van der Waals surface area contributed by atoms with E-state index in [-0.39, 0.29) is 18.4 Å². The number of amides is 1. The van der Waals surface area contributed by atoms with Gasteiger partial charge in [-0.1, -0.05) is 52.3 Å². The molecule has 0 radical (unpaired) electrons. The maximum atomic E-state index is 12.2. The molecule has 0 bridgehead atoms. The van der Waals surface area contributed by atoms with Crippen molar-refractivity contribution in [2.45, 2.75) is 26.0 Å². The third-order valence-corrected chi connectivity index (χ3v) is 4.03. The largest absolute Gasteiger partial charge is 0.392 e. The van der Waals surface area contributed by atoms with Gasteiger partial charge in [0, 0.05) is 11.0 Å². The van der Waals surface area contributed by atoms with E-state index in [2.05, 4.69) is 21.2 Å². The Morgan fingerprint density at radius 3 is 2.38 bits per heavy atom. The molecule has 1 amide bonds. The normalized spacial score (nSPS) is 12.0. The van der Waals surface area contributed by atoms with Crippen LogP contribution >= 0.6 is 15.9 Å². The number of benzene rings is 2. The van der Waals surface area contributed by atoms with Gasteiger partial charge in [-0.05, 0) is 35.7 Å². The second kappa shape index (κ2) is 7.38. The Kier molecular flexibility index (Phi) is 5.53. The lowest BCUT2D eigenvalue weighted by molar-refractivity contribution is -0.122. The lowest BCUT2D eigenvalue weighted by atomic mass is 10.0. The van der Waals surface area contributed by atoms with Crippen LogP contribution in [-0.4, -0.2) is 11.0 Å². The van der Waals surface area contributed by atoms with E-state index in [1.54, 1.807) is 0 Å². The van der Waals surface area contributed by atoms with Crippen LogP contribution < -0.4 is 5.32 Å². The number of halogens is 1. The summed E-state index contributed by atoms with van der Waals surface area (Å²) in [7, 11) is 0. The van der Waals surface area contributed by atoms with Gasteiger partial charge in [0.05, 0.1) is 12.5 Å². The molecule has 21 heavy (non-hydrogen) atoms. The first-order chi connectivity index (χ1) is 10.1. The zero-order valence-electron chi connectivity index (χ0n) is 11.8. The van der Waals surface area contributed by atoms with Gasteiger partial charge in [-0.25, -0.2) is 0 Å². The summed E-state index contributed by atoms with van der Waals surface area (Å²) in [6.45, 7) is 2.29. The molecule has 0 aliphatic rings. The molecular formula is C17H18BrNO2. The molecule has 4 heteroatoms. The summed E-state index contributed by atoms with van der Waals surface area (Å²) < 4.78 is 0.996. The lowest BCUT2D eigenvalue weighted by Gasteiger charge is -2.14. The summed E-state index contributed by atoms with van der Waals surface area (Å²) in [5.74, 6) is -0.232. The minimum atomic E-state index is -0.209. The van der Waals surface area contributed by atoms with Crippen molar-refractivity contribution in [2.75, 3.05) is 0 Å². The number of hydrogen-bond donors (Lipinski definition) is 2. The molecule has 0 aliphatic carbocycles. The maximum absolute atomic E-state index is 12.2. The van der Waals surface area contributed by atoms with Crippen LogP contribution in [0.1, 0.15) is 29.5 Å². The predicted octanol–water partition coefficient (Wildman–Crippen LogP) is 3.36. The fourth-order valence-corrected chi connectivity index (χ4v) is 2.39. The third kappa shape index (κ3) is 4.16. The fraction of sp³-hybridized carbons (Fsp3) is 0.235. The van der Waals surface area contributed by atoms with E-state index in [4.69, 9.17) is 0 Å². The Labute approximate surface area is 133 Å². The Morgan fingerprint density at radius 2 is 1.76 bits per heavy atom. The van der Waals surface area contributed by atoms with Crippen LogP contribution in [0.15, 0.2) is 53.0 Å². The highest BCUT2D eigenvalue weighted by Gasteiger charge is 2.15. The molecule has 110 valence electrons. The number of aliphatic hydroxyl groups excluding tert-OH is 1. The van der Waals surface area contributed by atoms with Gasteiger partial charge in [-0.2, -0.15) is 0 Å². The van der Waals surface area contributed by atoms with Crippen LogP contribution in [0.2, 0.25) is 0 Å². The van der Waals surface area contributed by atoms with Crippen LogP contribution in [0.3, 0.4) is 0 Å². The van der Waals surface area contributed by atoms with Gasteiger partial charge in [0.15, 0.2) is 0 Å². The van der Waals surface area contributed by atoms with Crippen molar-refractivity contribution in [1.82, 2.24) is 5.32 Å². The van der Waals surface area contributed by atoms with Gasteiger partial charge >= 0.3 is 0 Å². The molecule has 0 spiro atoms. The fourth-order valence-electron chi connectivity index (χ4n) is 2.12. The molecule has 2 N–H and O–H groups in total. The minimum Gasteiger partial charge on any atom is -0.392 e. The Balaban J connectivity index is 1.99. The van der Waals surface area contributed by atoms with Crippen molar-refractivity contribution in [3.05, 3.63) is 69.7 Å². The molecule has 1 unspecified atom stereocenters. The van der Waals surface area contributed by atoms with Crippen LogP contribution in [-0.2, 0) is 17.9 Å². The van der Waals surface area contributed by atoms with Gasteiger partial charge in [0.25, 0.3) is 0 Å². The van der Waals surface area contributed by atoms with E-state index < -0.39 is 0 Å². The minimum absolute atomic E-state index is 0.0195. The lowest BCUT2D eigenvalue weighted by Crippen LogP contribution is -2.27. The second-order valence-corrected chi connectivity index (χ2v) is 5.83. The number of carbonyl (C=O) groups is 1. The van der Waals surface area contributed by atoms with Crippen LogP contribution in [0, 0.1) is 0 Å². The molecule has 0 heterocycles. The number of hydrogen-bond acceptors (Lipinski definition) is 2. The second-order valence-electron chi connectivity index (χ2n) is 4.92. The van der Waals surface area contributed by atoms with E-state index in [1.807, 2.05) is 55.5 Å². The standard InChI is InChI=1S/C17H18BrNO2/c1-12(13-6-8-16(18)9-7-13)17(21)19-10-14-4-2-3-5-15(14)11-20/h2-9,12,20H,10-11H2,1H3,(H,19,21). The topological polar surface area (TPSA) is 49.3 Å². The molecule has 0 aliphatic heterocycles. The van der Waals surface area contributed by atoms with Gasteiger partial charge in [-0.15, -0.1) is 0 Å². The average molecular weight is 348 g/mol. The van der Waals surface area contributed by atoms with Crippen LogP contribution in [0.5, 0.6) is 0 Å². The SMILES string of the molecule is CC(C(=O)NCc1ccccc1CO)c1ccc(Br)cc1. The van der Waals surface area contributed by atoms with Gasteiger partial charge in [0.1, 0.15) is 0 Å². The average Bonchev–Trinajstić information content (AvgIpc) is 2.52. The molecule has 1 atom stereocenters. The highest BCUT2D eigenvalue weighted by atomic mass is 79.9. The Bertz CT molecular complexity index is 610. The molecule has 0 saturated heterocycles. The van der Waals surface area contributed by atoms with Crippen molar-refractivity contribution in [2.24, 2.45) is 0 Å². The molecular weight excluding hydrogens is 330 g/mol. The van der Waals surface area contributed by atoms with Crippen molar-refractivity contribution < 1.29 is 9.90 Å². The molecule has 2 aromatic carbocycles. The van der Waals surface area contributed by atoms with Crippen LogP contribution in [0.25, 0.3) is 0 Å². The predicted molar refractivity (Wildman–Crippen MR) is 86.8 cm³/mol. The van der Waals surface area contributed by atoms with E-state index in [0.717, 1.165) is 21.2 Å². The summed E-state index contributed by atoms with van der Waals surface area (Å²) in [5.41, 5.74) is 2.76. The number of carbonyl (C=O) groups excluding carboxylic acids is 1. The number of aliphatic hydroxyl groups is 1. The molecule has 0 fully saturated rings. The van der Waals surface area contributed by atoms with E-state index in [9.17, 15) is 9.90 Å². The summed E-state index contributed by atoms with van der Waals surface area (Å²) in [6.07, 6.45) is 0. The highest BCUT2D eigenvalue weighted by molar-refractivity contribution is 9.10. The smallest absolute Gasteiger partial charge is 0.227 e. The quantitative estimate of drug-likeness (QED) is 0.871. The first-order valence-corrected chi connectivity index (χ1v) is 7.62. The zero-order valence-corrected chi connectivity index (χ0v) is 13.4. The highest BCUT2D eigenvalue weighted by Crippen LogP contribution is 2.19. The van der Waals surface area contributed by atoms with Gasteiger partial charge in [0.2, 0.25) is 5.91 Å². The summed E-state index contributed by atoms with van der Waals surface area (Å²) in [4.78, 5) is 12.2. The van der Waals surface area contributed by atoms with Crippen molar-refractivity contribution in [1.29, 1.82) is 0 Å². The molecule has 3 nitrogen and oxygen atoms in total. The maximum Gasteiger partial charge on any atom is 0.227 e. The number of nitrogens with one attached hydrogen (secondary N) is 1. The Hall–Kier alpha value is -1.65.